The molecule has 0 aliphatic carbocycles. The SMILES string of the molecule is CC1(C(=O)O)CCCN1c1cccc(Cl)c1C(N)=O. The molecule has 1 heterocycles. The van der Waals surface area contributed by atoms with Crippen LogP contribution in [0.25, 0.3) is 0 Å². The van der Waals surface area contributed by atoms with Crippen molar-refractivity contribution < 1.29 is 14.7 Å². The van der Waals surface area contributed by atoms with Crippen LogP contribution in [0, 0.1) is 0 Å². The molecular formula is C13H15ClN2O3. The smallest absolute Gasteiger partial charge is 0.329 e. The lowest BCUT2D eigenvalue weighted by atomic mass is 9.98. The molecule has 5 nitrogen and oxygen atoms in total. The van der Waals surface area contributed by atoms with Gasteiger partial charge in [-0.2, -0.15) is 0 Å². The highest BCUT2D eigenvalue weighted by molar-refractivity contribution is 6.34. The Labute approximate surface area is 116 Å². The van der Waals surface area contributed by atoms with E-state index in [1.54, 1.807) is 30.0 Å². The van der Waals surface area contributed by atoms with Gasteiger partial charge in [-0.1, -0.05) is 17.7 Å². The second-order valence-corrected chi connectivity index (χ2v) is 5.24. The van der Waals surface area contributed by atoms with Crippen LogP contribution in [-0.2, 0) is 4.79 Å². The maximum absolute atomic E-state index is 11.5. The van der Waals surface area contributed by atoms with Crippen LogP contribution < -0.4 is 10.6 Å². The standard InChI is InChI=1S/C13H15ClN2O3/c1-13(12(18)19)6-3-7-16(13)9-5-2-4-8(14)10(9)11(15)17/h2,4-5H,3,6-7H2,1H3,(H2,15,17)(H,18,19). The van der Waals surface area contributed by atoms with Gasteiger partial charge < -0.3 is 15.7 Å². The highest BCUT2D eigenvalue weighted by Crippen LogP contribution is 2.38. The van der Waals surface area contributed by atoms with Crippen molar-refractivity contribution in [1.29, 1.82) is 0 Å². The number of carbonyl (C=O) groups is 2. The Morgan fingerprint density at radius 3 is 2.74 bits per heavy atom. The number of carboxylic acids is 1. The molecule has 1 unspecified atom stereocenters. The van der Waals surface area contributed by atoms with Crippen LogP contribution in [0.2, 0.25) is 5.02 Å². The molecule has 2 rings (SSSR count). The Bertz CT molecular complexity index is 547. The lowest BCUT2D eigenvalue weighted by Crippen LogP contribution is -2.48. The van der Waals surface area contributed by atoms with E-state index in [9.17, 15) is 14.7 Å². The molecular weight excluding hydrogens is 268 g/mol. The fourth-order valence-electron chi connectivity index (χ4n) is 2.55. The Kier molecular flexibility index (Phi) is 3.41. The predicted octanol–water partition coefficient (Wildman–Crippen LogP) is 1.88. The quantitative estimate of drug-likeness (QED) is 0.887. The van der Waals surface area contributed by atoms with Gasteiger partial charge in [0.05, 0.1) is 16.3 Å². The molecule has 1 aliphatic heterocycles. The van der Waals surface area contributed by atoms with Crippen LogP contribution in [0.4, 0.5) is 5.69 Å². The van der Waals surface area contributed by atoms with Crippen LogP contribution in [0.1, 0.15) is 30.1 Å². The van der Waals surface area contributed by atoms with Gasteiger partial charge in [0.15, 0.2) is 0 Å². The number of hydrogen-bond donors (Lipinski definition) is 2. The molecule has 1 fully saturated rings. The van der Waals surface area contributed by atoms with Crippen LogP contribution in [0.5, 0.6) is 0 Å². The lowest BCUT2D eigenvalue weighted by molar-refractivity contribution is -0.142. The monoisotopic (exact) mass is 282 g/mol. The van der Waals surface area contributed by atoms with E-state index >= 15 is 0 Å². The number of nitrogens with zero attached hydrogens (tertiary/aromatic N) is 1. The summed E-state index contributed by atoms with van der Waals surface area (Å²) >= 11 is 6.00. The minimum absolute atomic E-state index is 0.179. The number of aliphatic carboxylic acids is 1. The summed E-state index contributed by atoms with van der Waals surface area (Å²) in [6, 6.07) is 4.93. The molecule has 1 atom stereocenters. The Balaban J connectivity index is 2.56. The highest BCUT2D eigenvalue weighted by atomic mass is 35.5. The molecule has 1 aromatic rings. The van der Waals surface area contributed by atoms with E-state index in [1.165, 1.54) is 0 Å². The number of carbonyl (C=O) groups excluding carboxylic acids is 1. The van der Waals surface area contributed by atoms with Gasteiger partial charge in [-0.05, 0) is 31.9 Å². The Morgan fingerprint density at radius 2 is 2.16 bits per heavy atom. The van der Waals surface area contributed by atoms with Crippen LogP contribution in [-0.4, -0.2) is 29.1 Å². The third-order valence-corrected chi connectivity index (χ3v) is 3.95. The number of halogens is 1. The van der Waals surface area contributed by atoms with Gasteiger partial charge in [0.25, 0.3) is 5.91 Å². The van der Waals surface area contributed by atoms with E-state index in [2.05, 4.69) is 0 Å². The molecule has 1 aromatic carbocycles. The fourth-order valence-corrected chi connectivity index (χ4v) is 2.82. The Hall–Kier alpha value is -1.75. The third kappa shape index (κ3) is 2.14. The van der Waals surface area contributed by atoms with Crippen molar-refractivity contribution in [3.63, 3.8) is 0 Å². The molecule has 19 heavy (non-hydrogen) atoms. The van der Waals surface area contributed by atoms with E-state index in [0.29, 0.717) is 18.7 Å². The molecule has 0 aromatic heterocycles. The van der Waals surface area contributed by atoms with E-state index in [0.717, 1.165) is 6.42 Å². The van der Waals surface area contributed by atoms with Crippen molar-refractivity contribution in [2.24, 2.45) is 5.73 Å². The van der Waals surface area contributed by atoms with E-state index < -0.39 is 17.4 Å². The van der Waals surface area contributed by atoms with Crippen LogP contribution >= 0.6 is 11.6 Å². The van der Waals surface area contributed by atoms with E-state index in [1.807, 2.05) is 0 Å². The molecule has 3 N–H and O–H groups in total. The minimum Gasteiger partial charge on any atom is -0.480 e. The summed E-state index contributed by atoms with van der Waals surface area (Å²) < 4.78 is 0. The normalized spacial score (nSPS) is 22.5. The van der Waals surface area contributed by atoms with Gasteiger partial charge in [-0.15, -0.1) is 0 Å². The molecule has 0 radical (unpaired) electrons. The first kappa shape index (κ1) is 13.7. The lowest BCUT2D eigenvalue weighted by Gasteiger charge is -2.34. The summed E-state index contributed by atoms with van der Waals surface area (Å²) in [5.41, 5.74) is 4.98. The first-order valence-corrected chi connectivity index (χ1v) is 6.35. The summed E-state index contributed by atoms with van der Waals surface area (Å²) in [5.74, 6) is -1.57. The van der Waals surface area contributed by atoms with Crippen LogP contribution in [0.3, 0.4) is 0 Å². The first-order chi connectivity index (χ1) is 8.88. The molecule has 0 spiro atoms. The predicted molar refractivity (Wildman–Crippen MR) is 72.6 cm³/mol. The minimum atomic E-state index is -1.03. The number of nitrogens with two attached hydrogens (primary N) is 1. The Morgan fingerprint density at radius 1 is 1.47 bits per heavy atom. The summed E-state index contributed by atoms with van der Waals surface area (Å²) in [7, 11) is 0. The number of anilines is 1. The third-order valence-electron chi connectivity index (χ3n) is 3.63. The molecule has 0 bridgehead atoms. The number of carboxylic acid groups (broad SMARTS) is 1. The average molecular weight is 283 g/mol. The van der Waals surface area contributed by atoms with Crippen LogP contribution in [0.15, 0.2) is 18.2 Å². The van der Waals surface area contributed by atoms with E-state index in [-0.39, 0.29) is 10.6 Å². The largest absolute Gasteiger partial charge is 0.480 e. The molecule has 102 valence electrons. The van der Waals surface area contributed by atoms with Gasteiger partial charge in [0.1, 0.15) is 5.54 Å². The molecule has 1 aliphatic rings. The van der Waals surface area contributed by atoms with Gasteiger partial charge >= 0.3 is 5.97 Å². The van der Waals surface area contributed by atoms with Crippen molar-refractivity contribution in [3.8, 4) is 0 Å². The van der Waals surface area contributed by atoms with Crippen molar-refractivity contribution in [3.05, 3.63) is 28.8 Å². The average Bonchev–Trinajstić information content (AvgIpc) is 2.71. The second-order valence-electron chi connectivity index (χ2n) is 4.83. The van der Waals surface area contributed by atoms with Crippen molar-refractivity contribution in [2.75, 3.05) is 11.4 Å². The maximum atomic E-state index is 11.5. The fraction of sp³-hybridized carbons (Fsp3) is 0.385. The van der Waals surface area contributed by atoms with Gasteiger partial charge in [0.2, 0.25) is 0 Å². The number of hydrogen-bond acceptors (Lipinski definition) is 3. The molecule has 1 amide bonds. The topological polar surface area (TPSA) is 83.6 Å². The van der Waals surface area contributed by atoms with Gasteiger partial charge in [-0.25, -0.2) is 4.79 Å². The zero-order valence-corrected chi connectivity index (χ0v) is 11.3. The summed E-state index contributed by atoms with van der Waals surface area (Å²) in [6.45, 7) is 2.21. The summed E-state index contributed by atoms with van der Waals surface area (Å²) in [5, 5.41) is 9.65. The zero-order valence-electron chi connectivity index (χ0n) is 10.5. The number of amides is 1. The first-order valence-electron chi connectivity index (χ1n) is 5.97. The maximum Gasteiger partial charge on any atom is 0.329 e. The summed E-state index contributed by atoms with van der Waals surface area (Å²) in [4.78, 5) is 24.7. The summed E-state index contributed by atoms with van der Waals surface area (Å²) in [6.07, 6.45) is 1.26. The molecule has 6 heteroatoms. The molecule has 1 saturated heterocycles. The highest BCUT2D eigenvalue weighted by Gasteiger charge is 2.44. The van der Waals surface area contributed by atoms with Crippen molar-refractivity contribution in [1.82, 2.24) is 0 Å². The zero-order chi connectivity index (χ0) is 14.2. The van der Waals surface area contributed by atoms with Crippen molar-refractivity contribution >= 4 is 29.2 Å². The van der Waals surface area contributed by atoms with Gasteiger partial charge in [0, 0.05) is 6.54 Å². The molecule has 0 saturated carbocycles. The van der Waals surface area contributed by atoms with E-state index in [4.69, 9.17) is 17.3 Å². The number of rotatable bonds is 3. The number of benzene rings is 1. The van der Waals surface area contributed by atoms with Crippen molar-refractivity contribution in [2.45, 2.75) is 25.3 Å². The number of primary amides is 1. The van der Waals surface area contributed by atoms with Gasteiger partial charge in [-0.3, -0.25) is 4.79 Å². The second kappa shape index (κ2) is 4.74.